The number of pyridine rings is 1. The third-order valence-corrected chi connectivity index (χ3v) is 7.17. The van der Waals surface area contributed by atoms with Crippen LogP contribution < -0.4 is 15.4 Å². The monoisotopic (exact) mass is 513 g/mol. The van der Waals surface area contributed by atoms with Crippen molar-refractivity contribution >= 4 is 5.91 Å². The van der Waals surface area contributed by atoms with Gasteiger partial charge in [0.05, 0.1) is 17.7 Å². The number of ether oxygens (including phenoxy) is 1. The Morgan fingerprint density at radius 1 is 1.35 bits per heavy atom. The van der Waals surface area contributed by atoms with E-state index in [4.69, 9.17) is 4.74 Å². The molecule has 2 aromatic rings. The number of aliphatic hydroxyl groups is 1. The van der Waals surface area contributed by atoms with E-state index in [0.717, 1.165) is 49.3 Å². The fraction of sp³-hybridized carbons (Fsp3) is 0.517. The van der Waals surface area contributed by atoms with Gasteiger partial charge in [-0.05, 0) is 61.3 Å². The molecule has 2 aliphatic rings. The number of hydrogen-bond donors (Lipinski definition) is 3. The molecule has 37 heavy (non-hydrogen) atoms. The number of carbonyl (C=O) groups excluding carboxylic acids is 1. The molecule has 8 heteroatoms. The standard InChI is InChI=1S/C29H37F2N3O3/c1-5-8-22(34-26(36)19-9-6-10-21(30)25(19)31)24(35)17-32-23-15-29(11-7-12-29)37-27-20(23)13-18(16-33-27)14-28(2,3)4/h5-6,9-10,13,16,22-24,32,35H,1,7-8,11-12,14-15,17H2,2-4H3,(H,34,36)/t22-,23-,24+/m0/s1. The Labute approximate surface area is 217 Å². The number of aromatic nitrogens is 1. The van der Waals surface area contributed by atoms with Crippen molar-refractivity contribution in [2.24, 2.45) is 5.41 Å². The summed E-state index contributed by atoms with van der Waals surface area (Å²) in [6.07, 6.45) is 7.40. The van der Waals surface area contributed by atoms with Gasteiger partial charge in [0.25, 0.3) is 5.91 Å². The molecule has 1 aromatic heterocycles. The van der Waals surface area contributed by atoms with Crippen LogP contribution in [-0.4, -0.2) is 40.3 Å². The molecule has 6 nitrogen and oxygen atoms in total. The van der Waals surface area contributed by atoms with Gasteiger partial charge in [-0.1, -0.05) is 32.9 Å². The van der Waals surface area contributed by atoms with Gasteiger partial charge in [0.1, 0.15) is 5.60 Å². The van der Waals surface area contributed by atoms with E-state index in [9.17, 15) is 18.7 Å². The highest BCUT2D eigenvalue weighted by Crippen LogP contribution is 2.48. The van der Waals surface area contributed by atoms with Crippen molar-refractivity contribution in [1.29, 1.82) is 0 Å². The number of amides is 1. The molecule has 1 aromatic carbocycles. The lowest BCUT2D eigenvalue weighted by molar-refractivity contribution is -0.0420. The van der Waals surface area contributed by atoms with Gasteiger partial charge in [0.15, 0.2) is 11.6 Å². The summed E-state index contributed by atoms with van der Waals surface area (Å²) >= 11 is 0. The highest BCUT2D eigenvalue weighted by molar-refractivity contribution is 5.94. The van der Waals surface area contributed by atoms with Crippen molar-refractivity contribution < 1.29 is 23.4 Å². The fourth-order valence-corrected chi connectivity index (χ4v) is 5.17. The molecule has 1 aliphatic heterocycles. The van der Waals surface area contributed by atoms with E-state index in [1.807, 2.05) is 6.20 Å². The summed E-state index contributed by atoms with van der Waals surface area (Å²) in [5.41, 5.74) is 1.56. The van der Waals surface area contributed by atoms with E-state index < -0.39 is 35.3 Å². The van der Waals surface area contributed by atoms with Crippen LogP contribution in [0.3, 0.4) is 0 Å². The molecule has 1 fully saturated rings. The zero-order chi connectivity index (χ0) is 26.8. The smallest absolute Gasteiger partial charge is 0.254 e. The lowest BCUT2D eigenvalue weighted by Gasteiger charge is -2.47. The number of hydrogen-bond acceptors (Lipinski definition) is 5. The van der Waals surface area contributed by atoms with Crippen LogP contribution >= 0.6 is 0 Å². The van der Waals surface area contributed by atoms with Crippen LogP contribution in [-0.2, 0) is 6.42 Å². The number of nitrogens with zero attached hydrogens (tertiary/aromatic N) is 1. The number of fused-ring (bicyclic) bond motifs is 1. The van der Waals surface area contributed by atoms with Crippen LogP contribution in [0.5, 0.6) is 5.88 Å². The second-order valence-corrected chi connectivity index (χ2v) is 11.6. The summed E-state index contributed by atoms with van der Waals surface area (Å²) in [7, 11) is 0. The summed E-state index contributed by atoms with van der Waals surface area (Å²) in [6.45, 7) is 10.4. The first-order chi connectivity index (χ1) is 17.5. The Morgan fingerprint density at radius 3 is 2.76 bits per heavy atom. The van der Waals surface area contributed by atoms with Gasteiger partial charge in [-0.2, -0.15) is 0 Å². The first-order valence-electron chi connectivity index (χ1n) is 13.0. The maximum atomic E-state index is 14.1. The first kappa shape index (κ1) is 27.2. The maximum Gasteiger partial charge on any atom is 0.254 e. The normalized spacial score (nSPS) is 19.8. The zero-order valence-electron chi connectivity index (χ0n) is 21.8. The van der Waals surface area contributed by atoms with Gasteiger partial charge in [-0.3, -0.25) is 4.79 Å². The van der Waals surface area contributed by atoms with Crippen molar-refractivity contribution in [2.45, 2.75) is 83.1 Å². The van der Waals surface area contributed by atoms with Gasteiger partial charge in [-0.25, -0.2) is 13.8 Å². The van der Waals surface area contributed by atoms with E-state index in [1.54, 1.807) is 6.08 Å². The Kier molecular flexibility index (Phi) is 7.99. The highest BCUT2D eigenvalue weighted by Gasteiger charge is 2.46. The van der Waals surface area contributed by atoms with E-state index in [0.29, 0.717) is 5.88 Å². The van der Waals surface area contributed by atoms with Crippen LogP contribution in [0.15, 0.2) is 43.1 Å². The summed E-state index contributed by atoms with van der Waals surface area (Å²) in [4.78, 5) is 17.3. The topological polar surface area (TPSA) is 83.5 Å². The predicted octanol–water partition coefficient (Wildman–Crippen LogP) is 5.02. The third kappa shape index (κ3) is 6.36. The summed E-state index contributed by atoms with van der Waals surface area (Å²) in [5, 5.41) is 17.1. The van der Waals surface area contributed by atoms with Crippen molar-refractivity contribution in [3.05, 3.63) is 71.4 Å². The molecule has 1 saturated carbocycles. The minimum atomic E-state index is -1.21. The molecule has 0 radical (unpaired) electrons. The number of benzene rings is 1. The lowest BCUT2D eigenvalue weighted by Crippen LogP contribution is -2.52. The second-order valence-electron chi connectivity index (χ2n) is 11.6. The molecule has 2 heterocycles. The zero-order valence-corrected chi connectivity index (χ0v) is 21.8. The van der Waals surface area contributed by atoms with Crippen molar-refractivity contribution in [1.82, 2.24) is 15.6 Å². The van der Waals surface area contributed by atoms with Gasteiger partial charge >= 0.3 is 0 Å². The van der Waals surface area contributed by atoms with Crippen LogP contribution in [0.4, 0.5) is 8.78 Å². The number of rotatable bonds is 9. The van der Waals surface area contributed by atoms with Crippen molar-refractivity contribution in [2.75, 3.05) is 6.54 Å². The number of carbonyl (C=O) groups is 1. The van der Waals surface area contributed by atoms with Gasteiger partial charge < -0.3 is 20.5 Å². The summed E-state index contributed by atoms with van der Waals surface area (Å²) in [5.74, 6) is -2.47. The molecule has 0 bridgehead atoms. The SMILES string of the molecule is C=CC[C@H](NC(=O)c1cccc(F)c1F)[C@H](O)CN[C@H]1CC2(CCC2)Oc2ncc(CC(C)(C)C)cc21. The molecular formula is C29H37F2N3O3. The Bertz CT molecular complexity index is 1140. The maximum absolute atomic E-state index is 14.1. The van der Waals surface area contributed by atoms with E-state index in [-0.39, 0.29) is 30.0 Å². The quantitative estimate of drug-likeness (QED) is 0.410. The van der Waals surface area contributed by atoms with Gasteiger partial charge in [0.2, 0.25) is 5.88 Å². The van der Waals surface area contributed by atoms with E-state index in [2.05, 4.69) is 49.0 Å². The molecule has 200 valence electrons. The minimum Gasteiger partial charge on any atom is -0.471 e. The Morgan fingerprint density at radius 2 is 2.11 bits per heavy atom. The molecule has 0 saturated heterocycles. The van der Waals surface area contributed by atoms with Crippen LogP contribution in [0.2, 0.25) is 0 Å². The highest BCUT2D eigenvalue weighted by atomic mass is 19.2. The average molecular weight is 514 g/mol. The molecule has 1 amide bonds. The first-order valence-corrected chi connectivity index (χ1v) is 13.0. The average Bonchev–Trinajstić information content (AvgIpc) is 2.81. The predicted molar refractivity (Wildman–Crippen MR) is 138 cm³/mol. The molecule has 4 rings (SSSR count). The van der Waals surface area contributed by atoms with Crippen molar-refractivity contribution in [3.8, 4) is 5.88 Å². The second kappa shape index (κ2) is 10.9. The lowest BCUT2D eigenvalue weighted by atomic mass is 9.73. The molecular weight excluding hydrogens is 476 g/mol. The number of halogens is 2. The fourth-order valence-electron chi connectivity index (χ4n) is 5.17. The van der Waals surface area contributed by atoms with Crippen molar-refractivity contribution in [3.63, 3.8) is 0 Å². The molecule has 1 aliphatic carbocycles. The summed E-state index contributed by atoms with van der Waals surface area (Å²) < 4.78 is 34.1. The number of aliphatic hydroxyl groups excluding tert-OH is 1. The summed E-state index contributed by atoms with van der Waals surface area (Å²) in [6, 6.07) is 4.76. The molecule has 0 unspecified atom stereocenters. The van der Waals surface area contributed by atoms with Crippen LogP contribution in [0, 0.1) is 17.0 Å². The number of nitrogens with one attached hydrogen (secondary N) is 2. The van der Waals surface area contributed by atoms with Crippen LogP contribution in [0.25, 0.3) is 0 Å². The van der Waals surface area contributed by atoms with Gasteiger partial charge in [-0.15, -0.1) is 6.58 Å². The molecule has 1 spiro atoms. The molecule has 3 N–H and O–H groups in total. The minimum absolute atomic E-state index is 0.0770. The van der Waals surface area contributed by atoms with E-state index in [1.165, 1.54) is 12.1 Å². The van der Waals surface area contributed by atoms with Gasteiger partial charge in [0, 0.05) is 30.8 Å². The third-order valence-electron chi connectivity index (χ3n) is 7.17. The van der Waals surface area contributed by atoms with Crippen LogP contribution in [0.1, 0.15) is 80.4 Å². The largest absolute Gasteiger partial charge is 0.471 e. The van der Waals surface area contributed by atoms with E-state index >= 15 is 0 Å². The molecule has 3 atom stereocenters. The Balaban J connectivity index is 1.48. The Hall–Kier alpha value is -2.84.